The molecule has 0 amide bonds. The molecule has 102 valence electrons. The molecule has 0 aliphatic heterocycles. The number of fused-ring (bicyclic) bond motifs is 1. The minimum Gasteiger partial charge on any atom is -0.423 e. The van der Waals surface area contributed by atoms with E-state index in [9.17, 15) is 0 Å². The van der Waals surface area contributed by atoms with Crippen LogP contribution in [0.3, 0.4) is 0 Å². The first-order chi connectivity index (χ1) is 10.4. The van der Waals surface area contributed by atoms with Crippen molar-refractivity contribution in [3.05, 3.63) is 85.3 Å². The van der Waals surface area contributed by atoms with E-state index in [4.69, 9.17) is 4.42 Å². The van der Waals surface area contributed by atoms with Crippen LogP contribution in [0.25, 0.3) is 22.2 Å². The molecule has 0 atom stereocenters. The first kappa shape index (κ1) is 13.1. The first-order valence-electron chi connectivity index (χ1n) is 6.69. The van der Waals surface area contributed by atoms with Crippen molar-refractivity contribution in [3.8, 4) is 11.5 Å². The van der Waals surface area contributed by atoms with Crippen molar-refractivity contribution >= 4 is 10.8 Å². The van der Waals surface area contributed by atoms with Gasteiger partial charge in [0, 0.05) is 5.56 Å². The maximum Gasteiger partial charge on any atom is 0.248 e. The van der Waals surface area contributed by atoms with Crippen molar-refractivity contribution in [3.63, 3.8) is 0 Å². The zero-order valence-electron chi connectivity index (χ0n) is 11.4. The third kappa shape index (κ3) is 3.15. The molecule has 4 rings (SSSR count). The van der Waals surface area contributed by atoms with Crippen LogP contribution in [0.15, 0.2) is 89.7 Å². The van der Waals surface area contributed by atoms with Crippen molar-refractivity contribution in [2.45, 2.75) is 0 Å². The summed E-state index contributed by atoms with van der Waals surface area (Å²) in [6, 6.07) is 26.2. The van der Waals surface area contributed by atoms with Crippen LogP contribution >= 0.6 is 0 Å². The van der Waals surface area contributed by atoms with E-state index in [0.717, 1.165) is 10.9 Å². The fraction of sp³-hybridized carbons (Fsp3) is 0. The Hall–Kier alpha value is -2.94. The van der Waals surface area contributed by atoms with Gasteiger partial charge in [0.15, 0.2) is 0 Å². The van der Waals surface area contributed by atoms with Gasteiger partial charge in [-0.1, -0.05) is 72.8 Å². The Bertz CT molecular complexity index is 764. The van der Waals surface area contributed by atoms with Crippen LogP contribution in [0.5, 0.6) is 0 Å². The summed E-state index contributed by atoms with van der Waals surface area (Å²) in [6.07, 6.45) is 1.34. The molecule has 1 aromatic heterocycles. The van der Waals surface area contributed by atoms with Crippen LogP contribution in [-0.2, 0) is 0 Å². The molecule has 0 aliphatic carbocycles. The maximum absolute atomic E-state index is 5.21. The van der Waals surface area contributed by atoms with Gasteiger partial charge >= 0.3 is 0 Å². The Balaban J connectivity index is 0.000000186. The molecule has 0 spiro atoms. The van der Waals surface area contributed by atoms with Crippen LogP contribution in [-0.4, -0.2) is 10.2 Å². The Morgan fingerprint density at radius 2 is 1.33 bits per heavy atom. The molecule has 0 radical (unpaired) electrons. The molecule has 0 unspecified atom stereocenters. The van der Waals surface area contributed by atoms with Crippen LogP contribution in [0, 0.1) is 0 Å². The molecule has 0 bridgehead atoms. The molecule has 3 heteroatoms. The zero-order valence-corrected chi connectivity index (χ0v) is 11.4. The second-order valence-corrected chi connectivity index (χ2v) is 4.43. The lowest BCUT2D eigenvalue weighted by Crippen LogP contribution is -1.80. The Morgan fingerprint density at radius 3 is 2.00 bits per heavy atom. The lowest BCUT2D eigenvalue weighted by Gasteiger charge is -2.01. The third-order valence-corrected chi connectivity index (χ3v) is 3.05. The largest absolute Gasteiger partial charge is 0.423 e. The molecule has 0 fully saturated rings. The Morgan fingerprint density at radius 1 is 0.667 bits per heavy atom. The standard InChI is InChI=1S/C12H8N2O.C6H6/c1-2-6-10-9(4-1)5-3-7-11(10)12-14-13-8-15-12;1-2-4-6-5-3-1/h1-8H;1-6H. The number of benzene rings is 3. The van der Waals surface area contributed by atoms with Gasteiger partial charge in [0.2, 0.25) is 12.3 Å². The van der Waals surface area contributed by atoms with Gasteiger partial charge < -0.3 is 4.42 Å². The predicted octanol–water partition coefficient (Wildman–Crippen LogP) is 4.58. The van der Waals surface area contributed by atoms with E-state index < -0.39 is 0 Å². The topological polar surface area (TPSA) is 38.9 Å². The van der Waals surface area contributed by atoms with Gasteiger partial charge in [0.25, 0.3) is 0 Å². The van der Waals surface area contributed by atoms with E-state index in [1.807, 2.05) is 60.7 Å². The summed E-state index contributed by atoms with van der Waals surface area (Å²) in [4.78, 5) is 0. The lowest BCUT2D eigenvalue weighted by molar-refractivity contribution is 0.569. The van der Waals surface area contributed by atoms with Gasteiger partial charge in [-0.25, -0.2) is 0 Å². The highest BCUT2D eigenvalue weighted by Gasteiger charge is 2.06. The summed E-state index contributed by atoms with van der Waals surface area (Å²) >= 11 is 0. The molecule has 4 aromatic rings. The van der Waals surface area contributed by atoms with E-state index in [1.165, 1.54) is 11.8 Å². The smallest absolute Gasteiger partial charge is 0.248 e. The van der Waals surface area contributed by atoms with Crippen LogP contribution < -0.4 is 0 Å². The van der Waals surface area contributed by atoms with Crippen LogP contribution in [0.2, 0.25) is 0 Å². The predicted molar refractivity (Wildman–Crippen MR) is 83.7 cm³/mol. The summed E-state index contributed by atoms with van der Waals surface area (Å²) < 4.78 is 5.21. The SMILES string of the molecule is c1ccc2c(-c3nnco3)cccc2c1.c1ccccc1. The molecule has 0 aliphatic rings. The van der Waals surface area contributed by atoms with E-state index in [2.05, 4.69) is 28.4 Å². The molecular formula is C18H14N2O. The fourth-order valence-electron chi connectivity index (χ4n) is 2.09. The van der Waals surface area contributed by atoms with Crippen LogP contribution in [0.4, 0.5) is 0 Å². The molecule has 3 nitrogen and oxygen atoms in total. The number of hydrogen-bond donors (Lipinski definition) is 0. The number of nitrogens with zero attached hydrogens (tertiary/aromatic N) is 2. The monoisotopic (exact) mass is 274 g/mol. The highest BCUT2D eigenvalue weighted by Crippen LogP contribution is 2.26. The minimum atomic E-state index is 0.562. The Labute approximate surface area is 122 Å². The van der Waals surface area contributed by atoms with Gasteiger partial charge in [-0.15, -0.1) is 10.2 Å². The Kier molecular flexibility index (Phi) is 4.03. The average molecular weight is 274 g/mol. The second-order valence-electron chi connectivity index (χ2n) is 4.43. The summed E-state index contributed by atoms with van der Waals surface area (Å²) in [5.41, 5.74) is 0.977. The van der Waals surface area contributed by atoms with E-state index >= 15 is 0 Å². The van der Waals surface area contributed by atoms with Crippen molar-refractivity contribution in [1.29, 1.82) is 0 Å². The number of aromatic nitrogens is 2. The van der Waals surface area contributed by atoms with E-state index in [1.54, 1.807) is 0 Å². The zero-order chi connectivity index (χ0) is 14.3. The number of hydrogen-bond acceptors (Lipinski definition) is 3. The summed E-state index contributed by atoms with van der Waals surface area (Å²) in [5, 5.41) is 9.91. The molecule has 3 aromatic carbocycles. The minimum absolute atomic E-state index is 0.562. The third-order valence-electron chi connectivity index (χ3n) is 3.05. The molecule has 1 heterocycles. The highest BCUT2D eigenvalue weighted by atomic mass is 16.4. The molecule has 0 saturated carbocycles. The molecule has 21 heavy (non-hydrogen) atoms. The molecule has 0 N–H and O–H groups in total. The van der Waals surface area contributed by atoms with Crippen LogP contribution in [0.1, 0.15) is 0 Å². The van der Waals surface area contributed by atoms with E-state index in [-0.39, 0.29) is 0 Å². The summed E-state index contributed by atoms with van der Waals surface area (Å²) in [5.74, 6) is 0.562. The van der Waals surface area contributed by atoms with Gasteiger partial charge in [-0.3, -0.25) is 0 Å². The summed E-state index contributed by atoms with van der Waals surface area (Å²) in [6.45, 7) is 0. The molecule has 0 saturated heterocycles. The van der Waals surface area contributed by atoms with Crippen molar-refractivity contribution in [2.24, 2.45) is 0 Å². The van der Waals surface area contributed by atoms with Gasteiger partial charge in [-0.2, -0.15) is 0 Å². The highest BCUT2D eigenvalue weighted by molar-refractivity contribution is 5.94. The average Bonchev–Trinajstić information content (AvgIpc) is 3.11. The first-order valence-corrected chi connectivity index (χ1v) is 6.69. The second kappa shape index (κ2) is 6.48. The summed E-state index contributed by atoms with van der Waals surface area (Å²) in [7, 11) is 0. The van der Waals surface area contributed by atoms with Gasteiger partial charge in [0.1, 0.15) is 0 Å². The maximum atomic E-state index is 5.21. The van der Waals surface area contributed by atoms with E-state index in [0.29, 0.717) is 5.89 Å². The van der Waals surface area contributed by atoms with Gasteiger partial charge in [-0.05, 0) is 16.8 Å². The quantitative estimate of drug-likeness (QED) is 0.510. The normalized spacial score (nSPS) is 9.90. The van der Waals surface area contributed by atoms with Crippen molar-refractivity contribution in [1.82, 2.24) is 10.2 Å². The number of rotatable bonds is 1. The lowest BCUT2D eigenvalue weighted by atomic mass is 10.0. The van der Waals surface area contributed by atoms with Crippen molar-refractivity contribution < 1.29 is 4.42 Å². The fourth-order valence-corrected chi connectivity index (χ4v) is 2.09. The molecular weight excluding hydrogens is 260 g/mol. The van der Waals surface area contributed by atoms with Crippen molar-refractivity contribution in [2.75, 3.05) is 0 Å². The van der Waals surface area contributed by atoms with Gasteiger partial charge in [0.05, 0.1) is 0 Å².